The molecule has 0 spiro atoms. The SMILES string of the molecule is COC(c1ccc(Cn2cc(-c3cccnc3N)cn2)cc1)C1CC1. The molecule has 2 aromatic heterocycles. The third kappa shape index (κ3) is 3.42. The summed E-state index contributed by atoms with van der Waals surface area (Å²) in [5.41, 5.74) is 10.3. The number of methoxy groups -OCH3 is 1. The molecule has 5 heteroatoms. The molecule has 0 bridgehead atoms. The fraction of sp³-hybridized carbons (Fsp3) is 0.300. The van der Waals surface area contributed by atoms with E-state index in [0.717, 1.165) is 17.7 Å². The number of nitrogen functional groups attached to an aromatic ring is 1. The van der Waals surface area contributed by atoms with E-state index < -0.39 is 0 Å². The average molecular weight is 334 g/mol. The van der Waals surface area contributed by atoms with Crippen molar-refractivity contribution >= 4 is 5.82 Å². The van der Waals surface area contributed by atoms with E-state index in [9.17, 15) is 0 Å². The van der Waals surface area contributed by atoms with Crippen LogP contribution in [0.4, 0.5) is 5.82 Å². The molecule has 1 fully saturated rings. The minimum Gasteiger partial charge on any atom is -0.383 e. The van der Waals surface area contributed by atoms with Crippen molar-refractivity contribution in [2.75, 3.05) is 12.8 Å². The van der Waals surface area contributed by atoms with Crippen LogP contribution in [-0.2, 0) is 11.3 Å². The van der Waals surface area contributed by atoms with E-state index >= 15 is 0 Å². The number of anilines is 1. The largest absolute Gasteiger partial charge is 0.383 e. The molecule has 2 N–H and O–H groups in total. The second kappa shape index (κ2) is 6.69. The topological polar surface area (TPSA) is 66.0 Å². The molecule has 3 aromatic rings. The van der Waals surface area contributed by atoms with E-state index in [1.807, 2.05) is 29.2 Å². The Morgan fingerprint density at radius 3 is 2.72 bits per heavy atom. The number of ether oxygens (including phenoxy) is 1. The fourth-order valence-electron chi connectivity index (χ4n) is 3.25. The summed E-state index contributed by atoms with van der Waals surface area (Å²) in [7, 11) is 1.80. The van der Waals surface area contributed by atoms with Gasteiger partial charge in [0.15, 0.2) is 0 Å². The van der Waals surface area contributed by atoms with Crippen molar-refractivity contribution in [3.63, 3.8) is 0 Å². The zero-order valence-corrected chi connectivity index (χ0v) is 14.3. The maximum atomic E-state index is 5.94. The highest BCUT2D eigenvalue weighted by Crippen LogP contribution is 2.42. The van der Waals surface area contributed by atoms with Gasteiger partial charge >= 0.3 is 0 Å². The molecule has 1 atom stereocenters. The lowest BCUT2D eigenvalue weighted by Gasteiger charge is -2.15. The van der Waals surface area contributed by atoms with Gasteiger partial charge in [0.2, 0.25) is 0 Å². The number of nitrogens with zero attached hydrogens (tertiary/aromatic N) is 3. The van der Waals surface area contributed by atoms with Crippen molar-refractivity contribution in [2.24, 2.45) is 5.92 Å². The van der Waals surface area contributed by atoms with Crippen LogP contribution in [0, 0.1) is 5.92 Å². The van der Waals surface area contributed by atoms with E-state index in [0.29, 0.717) is 11.7 Å². The molecule has 5 nitrogen and oxygen atoms in total. The van der Waals surface area contributed by atoms with E-state index in [1.165, 1.54) is 24.0 Å². The Labute approximate surface area is 147 Å². The van der Waals surface area contributed by atoms with Crippen molar-refractivity contribution in [3.05, 3.63) is 66.1 Å². The van der Waals surface area contributed by atoms with Crippen LogP contribution in [0.3, 0.4) is 0 Å². The monoisotopic (exact) mass is 334 g/mol. The molecule has 0 saturated heterocycles. The first kappa shape index (κ1) is 15.8. The number of nitrogens with two attached hydrogens (primary N) is 1. The number of benzene rings is 1. The van der Waals surface area contributed by atoms with Gasteiger partial charge in [0.25, 0.3) is 0 Å². The Hall–Kier alpha value is -2.66. The highest BCUT2D eigenvalue weighted by Gasteiger charge is 2.32. The van der Waals surface area contributed by atoms with Crippen LogP contribution in [0.25, 0.3) is 11.1 Å². The van der Waals surface area contributed by atoms with Gasteiger partial charge in [-0.3, -0.25) is 4.68 Å². The van der Waals surface area contributed by atoms with Crippen LogP contribution < -0.4 is 5.73 Å². The van der Waals surface area contributed by atoms with E-state index in [-0.39, 0.29) is 6.10 Å². The summed E-state index contributed by atoms with van der Waals surface area (Å²) in [4.78, 5) is 4.13. The molecule has 0 radical (unpaired) electrons. The van der Waals surface area contributed by atoms with Gasteiger partial charge in [-0.1, -0.05) is 24.3 Å². The lowest BCUT2D eigenvalue weighted by molar-refractivity contribution is 0.0846. The molecular weight excluding hydrogens is 312 g/mol. The predicted octanol–water partition coefficient (Wildman–Crippen LogP) is 3.67. The van der Waals surface area contributed by atoms with Gasteiger partial charge in [0.05, 0.1) is 18.8 Å². The maximum absolute atomic E-state index is 5.94. The zero-order valence-electron chi connectivity index (χ0n) is 14.3. The lowest BCUT2D eigenvalue weighted by atomic mass is 10.0. The molecule has 0 amide bonds. The normalized spacial score (nSPS) is 15.2. The molecule has 4 rings (SSSR count). The van der Waals surface area contributed by atoms with E-state index in [4.69, 9.17) is 10.5 Å². The Kier molecular flexibility index (Phi) is 4.24. The Bertz CT molecular complexity index is 852. The Morgan fingerprint density at radius 1 is 1.24 bits per heavy atom. The number of aromatic nitrogens is 3. The zero-order chi connectivity index (χ0) is 17.2. The minimum absolute atomic E-state index is 0.235. The molecule has 0 aliphatic heterocycles. The van der Waals surface area contributed by atoms with E-state index in [1.54, 1.807) is 13.3 Å². The number of hydrogen-bond acceptors (Lipinski definition) is 4. The summed E-state index contributed by atoms with van der Waals surface area (Å²) in [6, 6.07) is 12.5. The molecule has 1 saturated carbocycles. The van der Waals surface area contributed by atoms with Gasteiger partial charge in [0.1, 0.15) is 5.82 Å². The van der Waals surface area contributed by atoms with Crippen LogP contribution in [0.1, 0.15) is 30.1 Å². The van der Waals surface area contributed by atoms with Crippen molar-refractivity contribution in [1.29, 1.82) is 0 Å². The lowest BCUT2D eigenvalue weighted by Crippen LogP contribution is -2.04. The maximum Gasteiger partial charge on any atom is 0.131 e. The molecule has 1 aromatic carbocycles. The van der Waals surface area contributed by atoms with Crippen LogP contribution in [0.5, 0.6) is 0 Å². The molecule has 25 heavy (non-hydrogen) atoms. The fourth-order valence-corrected chi connectivity index (χ4v) is 3.25. The third-order valence-electron chi connectivity index (χ3n) is 4.74. The summed E-state index contributed by atoms with van der Waals surface area (Å²) in [5.74, 6) is 1.21. The summed E-state index contributed by atoms with van der Waals surface area (Å²) in [5, 5.41) is 4.45. The van der Waals surface area contributed by atoms with Gasteiger partial charge in [-0.05, 0) is 42.0 Å². The average Bonchev–Trinajstić information content (AvgIpc) is 3.36. The smallest absolute Gasteiger partial charge is 0.131 e. The van der Waals surface area contributed by atoms with Gasteiger partial charge in [-0.15, -0.1) is 0 Å². The Balaban J connectivity index is 1.48. The van der Waals surface area contributed by atoms with Crippen LogP contribution in [0.15, 0.2) is 55.0 Å². The van der Waals surface area contributed by atoms with Crippen LogP contribution in [0.2, 0.25) is 0 Å². The van der Waals surface area contributed by atoms with Crippen molar-refractivity contribution in [3.8, 4) is 11.1 Å². The standard InChI is InChI=1S/C20H22N4O/c1-25-19(16-8-9-16)15-6-4-14(5-7-15)12-24-13-17(11-23-24)18-3-2-10-22-20(18)21/h2-7,10-11,13,16,19H,8-9,12H2,1H3,(H2,21,22). The molecule has 1 aliphatic carbocycles. The van der Waals surface area contributed by atoms with Crippen molar-refractivity contribution in [1.82, 2.24) is 14.8 Å². The summed E-state index contributed by atoms with van der Waals surface area (Å²) in [6.45, 7) is 0.724. The molecule has 1 unspecified atom stereocenters. The van der Waals surface area contributed by atoms with Crippen molar-refractivity contribution < 1.29 is 4.74 Å². The number of hydrogen-bond donors (Lipinski definition) is 1. The van der Waals surface area contributed by atoms with Crippen molar-refractivity contribution in [2.45, 2.75) is 25.5 Å². The Morgan fingerprint density at radius 2 is 2.04 bits per heavy atom. The minimum atomic E-state index is 0.235. The molecular formula is C20H22N4O. The van der Waals surface area contributed by atoms with Gasteiger partial charge < -0.3 is 10.5 Å². The molecule has 1 aliphatic rings. The van der Waals surface area contributed by atoms with Gasteiger partial charge in [0, 0.05) is 30.6 Å². The van der Waals surface area contributed by atoms with Crippen LogP contribution in [-0.4, -0.2) is 21.9 Å². The third-order valence-corrected chi connectivity index (χ3v) is 4.74. The summed E-state index contributed by atoms with van der Waals surface area (Å²) >= 11 is 0. The predicted molar refractivity (Wildman–Crippen MR) is 97.9 cm³/mol. The first-order valence-corrected chi connectivity index (χ1v) is 8.59. The first-order chi connectivity index (χ1) is 12.2. The highest BCUT2D eigenvalue weighted by atomic mass is 16.5. The summed E-state index contributed by atoms with van der Waals surface area (Å²) < 4.78 is 7.57. The molecule has 128 valence electrons. The second-order valence-corrected chi connectivity index (χ2v) is 6.60. The van der Waals surface area contributed by atoms with E-state index in [2.05, 4.69) is 34.3 Å². The number of rotatable bonds is 6. The van der Waals surface area contributed by atoms with Gasteiger partial charge in [-0.2, -0.15) is 5.10 Å². The number of pyridine rings is 1. The van der Waals surface area contributed by atoms with Gasteiger partial charge in [-0.25, -0.2) is 4.98 Å². The quantitative estimate of drug-likeness (QED) is 0.747. The van der Waals surface area contributed by atoms with Crippen LogP contribution >= 0.6 is 0 Å². The summed E-state index contributed by atoms with van der Waals surface area (Å²) in [6.07, 6.45) is 8.31. The highest BCUT2D eigenvalue weighted by molar-refractivity contribution is 5.72. The second-order valence-electron chi connectivity index (χ2n) is 6.60. The first-order valence-electron chi connectivity index (χ1n) is 8.59. The molecule has 2 heterocycles.